The van der Waals surface area contributed by atoms with Gasteiger partial charge in [0.15, 0.2) is 0 Å². The fourth-order valence-electron chi connectivity index (χ4n) is 5.28. The summed E-state index contributed by atoms with van der Waals surface area (Å²) in [5.41, 5.74) is -0.388. The van der Waals surface area contributed by atoms with Crippen molar-refractivity contribution in [2.45, 2.75) is 94.6 Å². The summed E-state index contributed by atoms with van der Waals surface area (Å²) in [4.78, 5) is 14.4. The quantitative estimate of drug-likeness (QED) is 0.498. The molecule has 6 heteroatoms. The predicted molar refractivity (Wildman–Crippen MR) is 109 cm³/mol. The predicted octanol–water partition coefficient (Wildman–Crippen LogP) is 5.14. The third kappa shape index (κ3) is 4.82. The fourth-order valence-corrected chi connectivity index (χ4v) is 5.79. The zero-order valence-corrected chi connectivity index (χ0v) is 18.4. The van der Waals surface area contributed by atoms with Gasteiger partial charge in [-0.3, -0.25) is 0 Å². The topological polar surface area (TPSA) is 49.8 Å². The van der Waals surface area contributed by atoms with E-state index in [9.17, 15) is 9.90 Å². The Balaban J connectivity index is 1.73. The summed E-state index contributed by atoms with van der Waals surface area (Å²) in [5.74, 6) is 1.95. The van der Waals surface area contributed by atoms with Crippen molar-refractivity contribution in [2.75, 3.05) is 13.1 Å². The third-order valence-electron chi connectivity index (χ3n) is 6.73. The van der Waals surface area contributed by atoms with Crippen molar-refractivity contribution in [3.63, 3.8) is 0 Å². The van der Waals surface area contributed by atoms with Crippen LogP contribution in [0, 0.1) is 17.3 Å². The number of halogens is 2. The summed E-state index contributed by atoms with van der Waals surface area (Å²) < 4.78 is 5.59. The zero-order valence-electron chi connectivity index (χ0n) is 16.8. The second kappa shape index (κ2) is 8.20. The van der Waals surface area contributed by atoms with Gasteiger partial charge in [0, 0.05) is 25.4 Å². The van der Waals surface area contributed by atoms with Gasteiger partial charge >= 0.3 is 6.09 Å². The summed E-state index contributed by atoms with van der Waals surface area (Å²) in [5, 5.41) is 10.1. The van der Waals surface area contributed by atoms with Gasteiger partial charge in [-0.25, -0.2) is 4.79 Å². The van der Waals surface area contributed by atoms with Crippen LogP contribution >= 0.6 is 23.2 Å². The van der Waals surface area contributed by atoms with Crippen molar-refractivity contribution >= 4 is 29.3 Å². The lowest BCUT2D eigenvalue weighted by Gasteiger charge is -2.43. The first-order chi connectivity index (χ1) is 12.6. The van der Waals surface area contributed by atoms with Crippen molar-refractivity contribution in [3.8, 4) is 0 Å². The van der Waals surface area contributed by atoms with E-state index in [1.54, 1.807) is 0 Å². The van der Waals surface area contributed by atoms with Gasteiger partial charge in [-0.05, 0) is 52.9 Å². The molecule has 0 aromatic heterocycles. The second-order valence-electron chi connectivity index (χ2n) is 9.68. The number of aliphatic hydroxyl groups excluding tert-OH is 1. The normalized spacial score (nSPS) is 38.1. The molecule has 0 aromatic rings. The number of ether oxygens (including phenoxy) is 1. The van der Waals surface area contributed by atoms with E-state index in [1.165, 1.54) is 5.92 Å². The molecule has 3 rings (SSSR count). The largest absolute Gasteiger partial charge is 0.444 e. The molecule has 0 spiro atoms. The molecule has 2 unspecified atom stereocenters. The summed E-state index contributed by atoms with van der Waals surface area (Å²) >= 11 is 12.9. The molecule has 27 heavy (non-hydrogen) atoms. The van der Waals surface area contributed by atoms with Crippen LogP contribution in [0.3, 0.4) is 0 Å². The van der Waals surface area contributed by atoms with Crippen molar-refractivity contribution in [2.24, 2.45) is 11.3 Å². The van der Waals surface area contributed by atoms with Gasteiger partial charge in [-0.1, -0.05) is 0 Å². The molecule has 2 saturated carbocycles. The van der Waals surface area contributed by atoms with Crippen LogP contribution in [0.2, 0.25) is 0 Å². The maximum atomic E-state index is 12.5. The average molecular weight is 419 g/mol. The molecule has 2 aliphatic carbocycles. The number of likely N-dealkylation sites (tertiary alicyclic amines) is 1. The van der Waals surface area contributed by atoms with Gasteiger partial charge in [0.05, 0.1) is 29.2 Å². The Morgan fingerprint density at radius 3 is 2.41 bits per heavy atom. The SMILES string of the molecule is CC(C)(C)OC(=O)N1CC[C@@H](C2([C+]3CCC(Cl)C(Cl)C3)CCC(O)CC2)C1. The molecule has 3 fully saturated rings. The molecule has 154 valence electrons. The molecule has 3 aliphatic rings. The highest BCUT2D eigenvalue weighted by Gasteiger charge is 2.58. The monoisotopic (exact) mass is 418 g/mol. The summed E-state index contributed by atoms with van der Waals surface area (Å²) in [6, 6.07) is 0. The number of carbonyl (C=O) groups excluding carboxylic acids is 1. The number of rotatable bonds is 2. The molecule has 1 amide bonds. The van der Waals surface area contributed by atoms with Gasteiger partial charge in [0.2, 0.25) is 0 Å². The van der Waals surface area contributed by atoms with E-state index in [1.807, 2.05) is 25.7 Å². The van der Waals surface area contributed by atoms with Gasteiger partial charge < -0.3 is 14.7 Å². The van der Waals surface area contributed by atoms with Gasteiger partial charge in [-0.2, -0.15) is 0 Å². The number of alkyl halides is 2. The lowest BCUT2D eigenvalue weighted by atomic mass is 9.55. The maximum absolute atomic E-state index is 12.5. The van der Waals surface area contributed by atoms with E-state index in [0.29, 0.717) is 5.92 Å². The molecule has 0 radical (unpaired) electrons. The van der Waals surface area contributed by atoms with E-state index in [0.717, 1.165) is 64.5 Å². The van der Waals surface area contributed by atoms with Crippen molar-refractivity contribution in [1.29, 1.82) is 0 Å². The highest BCUT2D eigenvalue weighted by Crippen LogP contribution is 2.57. The van der Waals surface area contributed by atoms with E-state index >= 15 is 0 Å². The van der Waals surface area contributed by atoms with Crippen LogP contribution in [-0.2, 0) is 4.74 Å². The van der Waals surface area contributed by atoms with E-state index in [2.05, 4.69) is 0 Å². The lowest BCUT2D eigenvalue weighted by molar-refractivity contribution is 0.0161. The molecule has 3 atom stereocenters. The van der Waals surface area contributed by atoms with Crippen LogP contribution in [0.5, 0.6) is 0 Å². The minimum Gasteiger partial charge on any atom is -0.444 e. The number of amides is 1. The lowest BCUT2D eigenvalue weighted by Crippen LogP contribution is -2.46. The van der Waals surface area contributed by atoms with Crippen molar-refractivity contribution < 1.29 is 14.6 Å². The van der Waals surface area contributed by atoms with Crippen LogP contribution in [0.4, 0.5) is 4.79 Å². The van der Waals surface area contributed by atoms with Crippen LogP contribution in [0.15, 0.2) is 0 Å². The highest BCUT2D eigenvalue weighted by molar-refractivity contribution is 6.30. The first-order valence-corrected chi connectivity index (χ1v) is 11.3. The van der Waals surface area contributed by atoms with Crippen LogP contribution in [0.1, 0.15) is 72.1 Å². The highest BCUT2D eigenvalue weighted by atomic mass is 35.5. The number of aliphatic hydroxyl groups is 1. The zero-order chi connectivity index (χ0) is 19.8. The molecule has 1 heterocycles. The maximum Gasteiger partial charge on any atom is 0.410 e. The van der Waals surface area contributed by atoms with Gasteiger partial charge in [0.1, 0.15) is 17.4 Å². The van der Waals surface area contributed by atoms with Crippen LogP contribution in [-0.4, -0.2) is 51.6 Å². The Bertz CT molecular complexity index is 528. The Hall–Kier alpha value is -0.320. The molecule has 0 aromatic carbocycles. The standard InChI is InChI=1S/C21H34Cl2NO3/c1-20(2,3)27-19(26)24-11-8-15(13-24)21(9-6-16(25)7-10-21)14-4-5-17(22)18(23)12-14/h15-18,25H,4-13H2,1-3H3/q+1/t15-,16?,17?,18?,21?/m1/s1. The minimum absolute atomic E-state index is 0.0116. The Labute approximate surface area is 173 Å². The summed E-state index contributed by atoms with van der Waals surface area (Å²) in [7, 11) is 0. The first-order valence-electron chi connectivity index (χ1n) is 10.4. The molecular weight excluding hydrogens is 385 g/mol. The molecular formula is C21H34Cl2NO3+. The Kier molecular flexibility index (Phi) is 6.49. The molecule has 0 bridgehead atoms. The Morgan fingerprint density at radius 2 is 1.81 bits per heavy atom. The average Bonchev–Trinajstić information content (AvgIpc) is 3.08. The molecule has 1 N–H and O–H groups in total. The smallest absolute Gasteiger partial charge is 0.410 e. The van der Waals surface area contributed by atoms with Gasteiger partial charge in [-0.15, -0.1) is 23.2 Å². The minimum atomic E-state index is -0.471. The summed E-state index contributed by atoms with van der Waals surface area (Å²) in [6.07, 6.45) is 7.07. The van der Waals surface area contributed by atoms with Crippen LogP contribution in [0.25, 0.3) is 0 Å². The number of hydrogen-bond donors (Lipinski definition) is 1. The van der Waals surface area contributed by atoms with Crippen molar-refractivity contribution in [3.05, 3.63) is 5.92 Å². The summed E-state index contributed by atoms with van der Waals surface area (Å²) in [6.45, 7) is 7.21. The van der Waals surface area contributed by atoms with E-state index < -0.39 is 5.60 Å². The van der Waals surface area contributed by atoms with E-state index in [-0.39, 0.29) is 28.4 Å². The van der Waals surface area contributed by atoms with Gasteiger partial charge in [0.25, 0.3) is 0 Å². The van der Waals surface area contributed by atoms with Crippen LogP contribution < -0.4 is 0 Å². The number of carbonyl (C=O) groups is 1. The van der Waals surface area contributed by atoms with E-state index in [4.69, 9.17) is 27.9 Å². The Morgan fingerprint density at radius 1 is 1.15 bits per heavy atom. The molecule has 1 saturated heterocycles. The number of nitrogens with zero attached hydrogens (tertiary/aromatic N) is 1. The molecule has 1 aliphatic heterocycles. The fraction of sp³-hybridized carbons (Fsp3) is 0.905. The van der Waals surface area contributed by atoms with Crippen molar-refractivity contribution in [1.82, 2.24) is 4.90 Å². The first kappa shape index (κ1) is 21.4. The number of hydrogen-bond acceptors (Lipinski definition) is 3. The molecule has 4 nitrogen and oxygen atoms in total. The second-order valence-corrected chi connectivity index (χ2v) is 10.8. The third-order valence-corrected chi connectivity index (χ3v) is 7.84.